The smallest absolute Gasteiger partial charge is 0.254 e. The first kappa shape index (κ1) is 15.3. The number of nitrogens with two attached hydrogens (primary N) is 1. The molecule has 5 heteroatoms. The molecule has 1 aromatic carbocycles. The summed E-state index contributed by atoms with van der Waals surface area (Å²) < 4.78 is 0.822. The number of nitrogen functional groups attached to an aromatic ring is 1. The lowest BCUT2D eigenvalue weighted by Gasteiger charge is -2.33. The topological polar surface area (TPSA) is 66.6 Å². The fourth-order valence-corrected chi connectivity index (χ4v) is 3.15. The van der Waals surface area contributed by atoms with Gasteiger partial charge in [-0.1, -0.05) is 15.9 Å². The van der Waals surface area contributed by atoms with E-state index < -0.39 is 0 Å². The predicted molar refractivity (Wildman–Crippen MR) is 83.6 cm³/mol. The summed E-state index contributed by atoms with van der Waals surface area (Å²) in [6.45, 7) is 5.08. The van der Waals surface area contributed by atoms with Crippen LogP contribution < -0.4 is 5.73 Å². The average molecular weight is 341 g/mol. The molecule has 1 heterocycles. The van der Waals surface area contributed by atoms with Crippen molar-refractivity contribution in [1.29, 1.82) is 0 Å². The number of hydrogen-bond acceptors (Lipinski definition) is 3. The number of aliphatic hydroxyl groups excluding tert-OH is 1. The normalized spacial score (nSPS) is 18.1. The second-order valence-corrected chi connectivity index (χ2v) is 6.45. The highest BCUT2D eigenvalue weighted by atomic mass is 79.9. The van der Waals surface area contributed by atoms with Crippen LogP contribution in [-0.2, 0) is 0 Å². The molecule has 2 rings (SSSR count). The molecular formula is C15H21BrN2O2. The molecule has 110 valence electrons. The maximum atomic E-state index is 12.6. The third-order valence-electron chi connectivity index (χ3n) is 4.15. The maximum absolute atomic E-state index is 12.6. The molecule has 1 fully saturated rings. The number of benzene rings is 1. The van der Waals surface area contributed by atoms with E-state index in [-0.39, 0.29) is 12.0 Å². The minimum absolute atomic E-state index is 0.0274. The number of halogens is 1. The highest BCUT2D eigenvalue weighted by Crippen LogP contribution is 2.26. The first-order valence-electron chi connectivity index (χ1n) is 6.93. The van der Waals surface area contributed by atoms with Crippen molar-refractivity contribution in [2.24, 2.45) is 5.92 Å². The number of rotatable bonds is 2. The van der Waals surface area contributed by atoms with Crippen molar-refractivity contribution >= 4 is 27.5 Å². The van der Waals surface area contributed by atoms with E-state index in [4.69, 9.17) is 5.73 Å². The summed E-state index contributed by atoms with van der Waals surface area (Å²) in [5.74, 6) is 0.326. The van der Waals surface area contributed by atoms with E-state index in [2.05, 4.69) is 15.9 Å². The zero-order valence-electron chi connectivity index (χ0n) is 11.9. The van der Waals surface area contributed by atoms with Gasteiger partial charge in [-0.2, -0.15) is 0 Å². The summed E-state index contributed by atoms with van der Waals surface area (Å²) in [5, 5.41) is 9.61. The molecule has 0 spiro atoms. The van der Waals surface area contributed by atoms with E-state index in [1.54, 1.807) is 0 Å². The number of carbonyl (C=O) groups is 1. The standard InChI is InChI=1S/C15H21BrN2O2/c1-9-13(7-12(16)8-14(9)17)15(20)18-5-3-11(4-6-18)10(2)19/h7-8,10-11,19H,3-6,17H2,1-2H3. The molecule has 0 aliphatic carbocycles. The number of nitrogens with zero attached hydrogens (tertiary/aromatic N) is 1. The first-order chi connectivity index (χ1) is 9.40. The zero-order chi connectivity index (χ0) is 14.9. The Morgan fingerprint density at radius 1 is 1.45 bits per heavy atom. The summed E-state index contributed by atoms with van der Waals surface area (Å²) in [7, 11) is 0. The van der Waals surface area contributed by atoms with Crippen LogP contribution in [0.4, 0.5) is 5.69 Å². The Morgan fingerprint density at radius 2 is 2.05 bits per heavy atom. The van der Waals surface area contributed by atoms with Crippen LogP contribution in [0, 0.1) is 12.8 Å². The molecule has 0 bridgehead atoms. The van der Waals surface area contributed by atoms with Gasteiger partial charge in [0.15, 0.2) is 0 Å². The monoisotopic (exact) mass is 340 g/mol. The number of aliphatic hydroxyl groups is 1. The number of carbonyl (C=O) groups excluding carboxylic acids is 1. The first-order valence-corrected chi connectivity index (χ1v) is 7.72. The van der Waals surface area contributed by atoms with Gasteiger partial charge in [-0.15, -0.1) is 0 Å². The van der Waals surface area contributed by atoms with Crippen molar-refractivity contribution in [3.63, 3.8) is 0 Å². The maximum Gasteiger partial charge on any atom is 0.254 e. The van der Waals surface area contributed by atoms with Crippen molar-refractivity contribution < 1.29 is 9.90 Å². The Morgan fingerprint density at radius 3 is 2.60 bits per heavy atom. The molecule has 1 aliphatic heterocycles. The molecular weight excluding hydrogens is 320 g/mol. The quantitative estimate of drug-likeness (QED) is 0.813. The highest BCUT2D eigenvalue weighted by molar-refractivity contribution is 9.10. The number of hydrogen-bond donors (Lipinski definition) is 2. The second kappa shape index (κ2) is 6.14. The van der Waals surface area contributed by atoms with E-state index in [9.17, 15) is 9.90 Å². The van der Waals surface area contributed by atoms with Crippen LogP contribution in [0.1, 0.15) is 35.7 Å². The largest absolute Gasteiger partial charge is 0.398 e. The van der Waals surface area contributed by atoms with Gasteiger partial charge < -0.3 is 15.7 Å². The summed E-state index contributed by atoms with van der Waals surface area (Å²) in [4.78, 5) is 14.4. The molecule has 1 aromatic rings. The highest BCUT2D eigenvalue weighted by Gasteiger charge is 2.27. The van der Waals surface area contributed by atoms with Gasteiger partial charge in [0.1, 0.15) is 0 Å². The molecule has 1 aliphatic rings. The van der Waals surface area contributed by atoms with Crippen LogP contribution >= 0.6 is 15.9 Å². The fourth-order valence-electron chi connectivity index (χ4n) is 2.68. The Hall–Kier alpha value is -1.07. The number of piperidine rings is 1. The average Bonchev–Trinajstić information content (AvgIpc) is 2.42. The van der Waals surface area contributed by atoms with Crippen LogP contribution in [0.2, 0.25) is 0 Å². The van der Waals surface area contributed by atoms with E-state index in [0.717, 1.165) is 22.9 Å². The van der Waals surface area contributed by atoms with Gasteiger partial charge in [-0.05, 0) is 50.3 Å². The third kappa shape index (κ3) is 3.15. The van der Waals surface area contributed by atoms with Crippen molar-refractivity contribution in [3.05, 3.63) is 27.7 Å². The summed E-state index contributed by atoms with van der Waals surface area (Å²) in [5.41, 5.74) is 8.03. The van der Waals surface area contributed by atoms with Crippen molar-refractivity contribution in [2.75, 3.05) is 18.8 Å². The molecule has 4 nitrogen and oxygen atoms in total. The lowest BCUT2D eigenvalue weighted by atomic mass is 9.91. The molecule has 1 atom stereocenters. The van der Waals surface area contributed by atoms with Gasteiger partial charge in [0.2, 0.25) is 0 Å². The van der Waals surface area contributed by atoms with E-state index in [0.29, 0.717) is 30.3 Å². The van der Waals surface area contributed by atoms with Crippen LogP contribution in [0.25, 0.3) is 0 Å². The molecule has 1 amide bonds. The molecule has 20 heavy (non-hydrogen) atoms. The minimum Gasteiger partial charge on any atom is -0.398 e. The number of likely N-dealkylation sites (tertiary alicyclic amines) is 1. The Balaban J connectivity index is 2.13. The van der Waals surface area contributed by atoms with E-state index >= 15 is 0 Å². The van der Waals surface area contributed by atoms with Crippen LogP contribution in [-0.4, -0.2) is 35.1 Å². The van der Waals surface area contributed by atoms with Crippen LogP contribution in [0.15, 0.2) is 16.6 Å². The minimum atomic E-state index is -0.296. The Bertz CT molecular complexity index is 509. The predicted octanol–water partition coefficient (Wildman–Crippen LogP) is 2.57. The molecule has 0 saturated carbocycles. The van der Waals surface area contributed by atoms with E-state index in [1.807, 2.05) is 30.9 Å². The van der Waals surface area contributed by atoms with Gasteiger partial charge >= 0.3 is 0 Å². The summed E-state index contributed by atoms with van der Waals surface area (Å²) >= 11 is 3.38. The Kier molecular flexibility index (Phi) is 4.70. The molecule has 1 unspecified atom stereocenters. The lowest BCUT2D eigenvalue weighted by molar-refractivity contribution is 0.0521. The van der Waals surface area contributed by atoms with Crippen molar-refractivity contribution in [1.82, 2.24) is 4.90 Å². The van der Waals surface area contributed by atoms with E-state index in [1.165, 1.54) is 0 Å². The SMILES string of the molecule is Cc1c(N)cc(Br)cc1C(=O)N1CCC(C(C)O)CC1. The zero-order valence-corrected chi connectivity index (χ0v) is 13.5. The number of amides is 1. The van der Waals surface area contributed by atoms with Crippen molar-refractivity contribution in [2.45, 2.75) is 32.8 Å². The summed E-state index contributed by atoms with van der Waals surface area (Å²) in [6.07, 6.45) is 1.41. The van der Waals surface area contributed by atoms with Gasteiger partial charge in [-0.3, -0.25) is 4.79 Å². The van der Waals surface area contributed by atoms with Gasteiger partial charge in [0.25, 0.3) is 5.91 Å². The fraction of sp³-hybridized carbons (Fsp3) is 0.533. The van der Waals surface area contributed by atoms with Gasteiger partial charge in [0, 0.05) is 28.8 Å². The van der Waals surface area contributed by atoms with Crippen LogP contribution in [0.5, 0.6) is 0 Å². The lowest BCUT2D eigenvalue weighted by Crippen LogP contribution is -2.41. The third-order valence-corrected chi connectivity index (χ3v) is 4.61. The second-order valence-electron chi connectivity index (χ2n) is 5.54. The molecule has 0 aromatic heterocycles. The molecule has 1 saturated heterocycles. The molecule has 3 N–H and O–H groups in total. The van der Waals surface area contributed by atoms with Gasteiger partial charge in [-0.25, -0.2) is 0 Å². The van der Waals surface area contributed by atoms with Crippen molar-refractivity contribution in [3.8, 4) is 0 Å². The Labute approximate surface area is 128 Å². The summed E-state index contributed by atoms with van der Waals surface area (Å²) in [6, 6.07) is 3.64. The molecule has 0 radical (unpaired) electrons. The number of anilines is 1. The van der Waals surface area contributed by atoms with Crippen LogP contribution in [0.3, 0.4) is 0 Å². The van der Waals surface area contributed by atoms with Gasteiger partial charge in [0.05, 0.1) is 6.10 Å².